The number of nitrogens with one attached hydrogen (secondary N) is 3. The van der Waals surface area contributed by atoms with Crippen LogP contribution in [0, 0.1) is 5.82 Å². The van der Waals surface area contributed by atoms with Crippen LogP contribution in [0.5, 0.6) is 11.5 Å². The lowest BCUT2D eigenvalue weighted by Gasteiger charge is -2.13. The highest BCUT2D eigenvalue weighted by atomic mass is 19.1. The van der Waals surface area contributed by atoms with Gasteiger partial charge in [0, 0.05) is 16.9 Å². The molecule has 206 valence electrons. The maximum atomic E-state index is 14.0. The maximum absolute atomic E-state index is 14.0. The Morgan fingerprint density at radius 2 is 1.32 bits per heavy atom. The molecule has 3 N–H and O–H groups in total. The van der Waals surface area contributed by atoms with Gasteiger partial charge in [-0.3, -0.25) is 0 Å². The van der Waals surface area contributed by atoms with Crippen molar-refractivity contribution in [1.82, 2.24) is 15.0 Å². The molecule has 0 amide bonds. The average molecular weight is 550 g/mol. The summed E-state index contributed by atoms with van der Waals surface area (Å²) in [5.41, 5.74) is 5.75. The van der Waals surface area contributed by atoms with Crippen molar-refractivity contribution in [3.8, 4) is 11.5 Å². The van der Waals surface area contributed by atoms with E-state index in [0.717, 1.165) is 16.9 Å². The predicted molar refractivity (Wildman–Crippen MR) is 159 cm³/mol. The summed E-state index contributed by atoms with van der Waals surface area (Å²) in [7, 11) is 0. The van der Waals surface area contributed by atoms with E-state index in [1.165, 1.54) is 6.07 Å². The summed E-state index contributed by atoms with van der Waals surface area (Å²) in [6, 6.07) is 31.1. The smallest absolute Gasteiger partial charge is 0.250 e. The molecule has 0 aliphatic carbocycles. The Kier molecular flexibility index (Phi) is 8.93. The van der Waals surface area contributed by atoms with Gasteiger partial charge in [-0.1, -0.05) is 54.6 Å². The molecular weight excluding hydrogens is 521 g/mol. The SMILES string of the molecule is CCOc1cc(/C=N\Nc2nc(Nc3ccccc3)nc(Nc3ccccc3)n2)ccc1OCc1ccccc1F. The number of ether oxygens (including phenoxy) is 2. The average Bonchev–Trinajstić information content (AvgIpc) is 2.99. The Labute approximate surface area is 237 Å². The van der Waals surface area contributed by atoms with E-state index in [0.29, 0.717) is 35.6 Å². The lowest BCUT2D eigenvalue weighted by Crippen LogP contribution is -2.07. The zero-order valence-electron chi connectivity index (χ0n) is 22.3. The fraction of sp³-hybridized carbons (Fsp3) is 0.0968. The van der Waals surface area contributed by atoms with E-state index in [9.17, 15) is 4.39 Å². The molecule has 41 heavy (non-hydrogen) atoms. The molecule has 4 aromatic carbocycles. The van der Waals surface area contributed by atoms with Crippen LogP contribution in [0.3, 0.4) is 0 Å². The van der Waals surface area contributed by atoms with Crippen LogP contribution in [0.25, 0.3) is 0 Å². The molecule has 0 bridgehead atoms. The van der Waals surface area contributed by atoms with Crippen molar-refractivity contribution in [2.24, 2.45) is 5.10 Å². The quantitative estimate of drug-likeness (QED) is 0.114. The third kappa shape index (κ3) is 7.76. The molecule has 0 atom stereocenters. The molecule has 0 saturated heterocycles. The van der Waals surface area contributed by atoms with Crippen molar-refractivity contribution in [2.45, 2.75) is 13.5 Å². The van der Waals surface area contributed by atoms with Crippen LogP contribution < -0.4 is 25.5 Å². The highest BCUT2D eigenvalue weighted by Crippen LogP contribution is 2.29. The number of para-hydroxylation sites is 2. The number of anilines is 5. The molecule has 0 spiro atoms. The monoisotopic (exact) mass is 549 g/mol. The van der Waals surface area contributed by atoms with Crippen molar-refractivity contribution in [3.63, 3.8) is 0 Å². The van der Waals surface area contributed by atoms with E-state index in [-0.39, 0.29) is 18.4 Å². The summed E-state index contributed by atoms with van der Waals surface area (Å²) in [4.78, 5) is 13.4. The zero-order valence-corrected chi connectivity index (χ0v) is 22.3. The lowest BCUT2D eigenvalue weighted by molar-refractivity contribution is 0.266. The lowest BCUT2D eigenvalue weighted by atomic mass is 10.2. The largest absolute Gasteiger partial charge is 0.490 e. The third-order valence-corrected chi connectivity index (χ3v) is 5.68. The second kappa shape index (κ2) is 13.5. The summed E-state index contributed by atoms with van der Waals surface area (Å²) < 4.78 is 25.6. The van der Waals surface area contributed by atoms with Gasteiger partial charge in [-0.25, -0.2) is 9.82 Å². The van der Waals surface area contributed by atoms with E-state index in [2.05, 4.69) is 36.1 Å². The molecule has 1 heterocycles. The highest BCUT2D eigenvalue weighted by Gasteiger charge is 2.10. The molecule has 10 heteroatoms. The van der Waals surface area contributed by atoms with Gasteiger partial charge in [0.1, 0.15) is 12.4 Å². The van der Waals surface area contributed by atoms with Gasteiger partial charge < -0.3 is 20.1 Å². The van der Waals surface area contributed by atoms with Crippen LogP contribution in [0.4, 0.5) is 33.6 Å². The fourth-order valence-electron chi connectivity index (χ4n) is 3.77. The first-order valence-electron chi connectivity index (χ1n) is 13.0. The predicted octanol–water partition coefficient (Wildman–Crippen LogP) is 6.92. The van der Waals surface area contributed by atoms with Gasteiger partial charge in [0.2, 0.25) is 17.8 Å². The molecule has 0 aliphatic rings. The van der Waals surface area contributed by atoms with Crippen LogP contribution in [-0.4, -0.2) is 27.8 Å². The number of hydrazone groups is 1. The van der Waals surface area contributed by atoms with Gasteiger partial charge in [-0.15, -0.1) is 0 Å². The second-order valence-corrected chi connectivity index (χ2v) is 8.68. The van der Waals surface area contributed by atoms with E-state index in [4.69, 9.17) is 9.47 Å². The summed E-state index contributed by atoms with van der Waals surface area (Å²) in [5, 5.41) is 10.7. The number of halogens is 1. The molecule has 0 aliphatic heterocycles. The van der Waals surface area contributed by atoms with Crippen molar-refractivity contribution < 1.29 is 13.9 Å². The number of hydrogen-bond acceptors (Lipinski definition) is 9. The van der Waals surface area contributed by atoms with E-state index in [1.807, 2.05) is 73.7 Å². The van der Waals surface area contributed by atoms with E-state index < -0.39 is 0 Å². The first kappa shape index (κ1) is 27.1. The third-order valence-electron chi connectivity index (χ3n) is 5.68. The minimum absolute atomic E-state index is 0.0832. The van der Waals surface area contributed by atoms with Gasteiger partial charge in [0.25, 0.3) is 0 Å². The highest BCUT2D eigenvalue weighted by molar-refractivity contribution is 5.81. The van der Waals surface area contributed by atoms with Gasteiger partial charge in [0.15, 0.2) is 11.5 Å². The van der Waals surface area contributed by atoms with Gasteiger partial charge in [-0.2, -0.15) is 20.1 Å². The molecule has 0 radical (unpaired) electrons. The first-order chi connectivity index (χ1) is 20.2. The first-order valence-corrected chi connectivity index (χ1v) is 13.0. The van der Waals surface area contributed by atoms with E-state index in [1.54, 1.807) is 36.5 Å². The molecule has 0 unspecified atom stereocenters. The summed E-state index contributed by atoms with van der Waals surface area (Å²) >= 11 is 0. The van der Waals surface area contributed by atoms with Crippen LogP contribution >= 0.6 is 0 Å². The molecule has 0 saturated carbocycles. The normalized spacial score (nSPS) is 10.8. The zero-order chi connectivity index (χ0) is 28.3. The topological polar surface area (TPSA) is 106 Å². The minimum Gasteiger partial charge on any atom is -0.490 e. The number of hydrogen-bond donors (Lipinski definition) is 3. The summed E-state index contributed by atoms with van der Waals surface area (Å²) in [5.74, 6) is 1.64. The van der Waals surface area contributed by atoms with Crippen molar-refractivity contribution in [1.29, 1.82) is 0 Å². The fourth-order valence-corrected chi connectivity index (χ4v) is 3.77. The van der Waals surface area contributed by atoms with Crippen LogP contribution in [0.2, 0.25) is 0 Å². The Balaban J connectivity index is 1.31. The number of nitrogens with zero attached hydrogens (tertiary/aromatic N) is 4. The molecule has 5 aromatic rings. The second-order valence-electron chi connectivity index (χ2n) is 8.68. The number of rotatable bonds is 12. The Morgan fingerprint density at radius 3 is 1.95 bits per heavy atom. The molecule has 5 rings (SSSR count). The van der Waals surface area contributed by atoms with Gasteiger partial charge in [-0.05, 0) is 61.0 Å². The van der Waals surface area contributed by atoms with E-state index >= 15 is 0 Å². The number of aromatic nitrogens is 3. The molecular formula is C31H28FN7O2. The summed E-state index contributed by atoms with van der Waals surface area (Å²) in [6.07, 6.45) is 1.61. The van der Waals surface area contributed by atoms with Gasteiger partial charge >= 0.3 is 0 Å². The van der Waals surface area contributed by atoms with Crippen molar-refractivity contribution >= 4 is 35.4 Å². The van der Waals surface area contributed by atoms with Crippen molar-refractivity contribution in [3.05, 3.63) is 120 Å². The number of benzene rings is 4. The maximum Gasteiger partial charge on any atom is 0.250 e. The Hall–Kier alpha value is -5.51. The molecule has 1 aromatic heterocycles. The Morgan fingerprint density at radius 1 is 0.707 bits per heavy atom. The van der Waals surface area contributed by atoms with Crippen LogP contribution in [0.1, 0.15) is 18.1 Å². The minimum atomic E-state index is -0.317. The van der Waals surface area contributed by atoms with Crippen LogP contribution in [0.15, 0.2) is 108 Å². The molecule has 0 fully saturated rings. The summed E-state index contributed by atoms with van der Waals surface area (Å²) in [6.45, 7) is 2.40. The standard InChI is InChI=1S/C31H28FN7O2/c1-2-40-28-19-22(17-18-27(28)41-21-23-11-9-10-16-26(23)32)20-33-39-31-37-29(34-24-12-5-3-6-13-24)36-30(38-31)35-25-14-7-4-8-15-25/h3-20H,2,21H2,1H3,(H3,34,35,36,37,38,39)/b33-20-. The van der Waals surface area contributed by atoms with Crippen molar-refractivity contribution in [2.75, 3.05) is 22.7 Å². The van der Waals surface area contributed by atoms with Gasteiger partial charge in [0.05, 0.1) is 12.8 Å². The van der Waals surface area contributed by atoms with Crippen LogP contribution in [-0.2, 0) is 6.61 Å². The molecule has 9 nitrogen and oxygen atoms in total. The Bertz CT molecular complexity index is 1540.